The predicted molar refractivity (Wildman–Crippen MR) is 134 cm³/mol. The van der Waals surface area contributed by atoms with Gasteiger partial charge in [0, 0.05) is 44.1 Å². The van der Waals surface area contributed by atoms with Crippen molar-refractivity contribution in [3.05, 3.63) is 28.8 Å². The fourth-order valence-electron chi connectivity index (χ4n) is 5.18. The second-order valence-corrected chi connectivity index (χ2v) is 12.4. The Morgan fingerprint density at radius 2 is 1.38 bits per heavy atom. The molecule has 2 heterocycles. The molecule has 2 fully saturated rings. The van der Waals surface area contributed by atoms with E-state index >= 15 is 0 Å². The number of sulfonamides is 1. The van der Waals surface area contributed by atoms with Crippen LogP contribution in [0.4, 0.5) is 0 Å². The van der Waals surface area contributed by atoms with Crippen molar-refractivity contribution >= 4 is 21.8 Å². The van der Waals surface area contributed by atoms with Gasteiger partial charge in [0.05, 0.1) is 4.90 Å². The van der Waals surface area contributed by atoms with Crippen LogP contribution < -0.4 is 5.32 Å². The SMILES string of the molecule is Cc1cc(C)c(S(=O)(=O)N2CCC(C(=O)N3CCC(C(=O)NC(C)C(C)C)CC3)CC2)c(C)c1. The highest BCUT2D eigenvalue weighted by atomic mass is 32.2. The van der Waals surface area contributed by atoms with Gasteiger partial charge in [-0.1, -0.05) is 31.5 Å². The van der Waals surface area contributed by atoms with Crippen molar-refractivity contribution < 1.29 is 18.0 Å². The van der Waals surface area contributed by atoms with Crippen molar-refractivity contribution in [2.24, 2.45) is 17.8 Å². The van der Waals surface area contributed by atoms with Gasteiger partial charge in [0.25, 0.3) is 0 Å². The molecule has 0 radical (unpaired) electrons. The Hall–Kier alpha value is -1.93. The fraction of sp³-hybridized carbons (Fsp3) is 0.692. The highest BCUT2D eigenvalue weighted by Gasteiger charge is 2.36. The van der Waals surface area contributed by atoms with Crippen molar-refractivity contribution in [2.45, 2.75) is 78.2 Å². The molecule has 7 nitrogen and oxygen atoms in total. The molecular weight excluding hydrogens is 450 g/mol. The Morgan fingerprint density at radius 1 is 0.882 bits per heavy atom. The molecule has 1 aromatic carbocycles. The molecule has 2 amide bonds. The number of rotatable bonds is 6. The molecule has 2 aliphatic heterocycles. The van der Waals surface area contributed by atoms with Gasteiger partial charge < -0.3 is 10.2 Å². The lowest BCUT2D eigenvalue weighted by Crippen LogP contribution is -2.49. The number of hydrogen-bond donors (Lipinski definition) is 1. The van der Waals surface area contributed by atoms with Gasteiger partial charge in [-0.05, 0) is 70.4 Å². The summed E-state index contributed by atoms with van der Waals surface area (Å²) in [6.07, 6.45) is 2.44. The molecule has 0 saturated carbocycles. The monoisotopic (exact) mass is 491 g/mol. The van der Waals surface area contributed by atoms with Crippen LogP contribution in [0.3, 0.4) is 0 Å². The largest absolute Gasteiger partial charge is 0.353 e. The number of amides is 2. The first-order chi connectivity index (χ1) is 15.9. The maximum absolute atomic E-state index is 13.3. The number of benzene rings is 1. The minimum absolute atomic E-state index is 0.0433. The van der Waals surface area contributed by atoms with E-state index in [2.05, 4.69) is 19.2 Å². The summed E-state index contributed by atoms with van der Waals surface area (Å²) in [5, 5.41) is 3.10. The Labute approximate surface area is 205 Å². The normalized spacial score (nSPS) is 19.9. The van der Waals surface area contributed by atoms with E-state index in [0.717, 1.165) is 16.7 Å². The van der Waals surface area contributed by atoms with E-state index in [4.69, 9.17) is 0 Å². The number of carbonyl (C=O) groups is 2. The van der Waals surface area contributed by atoms with Crippen LogP contribution in [0.5, 0.6) is 0 Å². The molecule has 1 N–H and O–H groups in total. The fourth-order valence-corrected chi connectivity index (χ4v) is 7.06. The maximum atomic E-state index is 13.3. The third kappa shape index (κ3) is 5.82. The molecule has 3 rings (SSSR count). The predicted octanol–water partition coefficient (Wildman–Crippen LogP) is 3.41. The molecule has 2 saturated heterocycles. The van der Waals surface area contributed by atoms with Crippen LogP contribution in [-0.2, 0) is 19.6 Å². The molecule has 0 bridgehead atoms. The van der Waals surface area contributed by atoms with Gasteiger partial charge in [0.1, 0.15) is 0 Å². The molecule has 8 heteroatoms. The van der Waals surface area contributed by atoms with Gasteiger partial charge in [-0.15, -0.1) is 0 Å². The third-order valence-corrected chi connectivity index (χ3v) is 9.76. The number of hydrogen-bond acceptors (Lipinski definition) is 4. The lowest BCUT2D eigenvalue weighted by molar-refractivity contribution is -0.140. The van der Waals surface area contributed by atoms with Crippen LogP contribution in [0.25, 0.3) is 0 Å². The molecular formula is C26H41N3O4S. The van der Waals surface area contributed by atoms with Crippen LogP contribution in [0.1, 0.15) is 63.1 Å². The number of nitrogens with one attached hydrogen (secondary N) is 1. The zero-order chi connectivity index (χ0) is 25.2. The zero-order valence-electron chi connectivity index (χ0n) is 21.6. The van der Waals surface area contributed by atoms with Gasteiger partial charge in [0.2, 0.25) is 21.8 Å². The summed E-state index contributed by atoms with van der Waals surface area (Å²) in [5.74, 6) is 0.387. The Bertz CT molecular complexity index is 982. The van der Waals surface area contributed by atoms with Crippen molar-refractivity contribution in [2.75, 3.05) is 26.2 Å². The zero-order valence-corrected chi connectivity index (χ0v) is 22.4. The van der Waals surface area contributed by atoms with E-state index in [9.17, 15) is 18.0 Å². The van der Waals surface area contributed by atoms with E-state index in [-0.39, 0.29) is 29.7 Å². The van der Waals surface area contributed by atoms with E-state index < -0.39 is 10.0 Å². The standard InChI is InChI=1S/C26H41N3O4S/c1-17(2)21(6)27-25(30)22-7-11-28(12-8-22)26(31)23-9-13-29(14-10-23)34(32,33)24-19(4)15-18(3)16-20(24)5/h15-17,21-23H,7-14H2,1-6H3,(H,27,30). The number of carbonyl (C=O) groups excluding carboxylic acids is 2. The van der Waals surface area contributed by atoms with Crippen molar-refractivity contribution in [3.63, 3.8) is 0 Å². The molecule has 0 spiro atoms. The second kappa shape index (κ2) is 10.8. The summed E-state index contributed by atoms with van der Waals surface area (Å²) in [4.78, 5) is 27.9. The summed E-state index contributed by atoms with van der Waals surface area (Å²) in [5.41, 5.74) is 2.59. The molecule has 1 unspecified atom stereocenters. The summed E-state index contributed by atoms with van der Waals surface area (Å²) < 4.78 is 28.2. The number of aryl methyl sites for hydroxylation is 3. The molecule has 0 aromatic heterocycles. The first kappa shape index (κ1) is 26.7. The van der Waals surface area contributed by atoms with E-state index in [1.54, 1.807) is 0 Å². The van der Waals surface area contributed by atoms with Gasteiger partial charge in [-0.3, -0.25) is 9.59 Å². The molecule has 190 valence electrons. The third-order valence-electron chi connectivity index (χ3n) is 7.55. The Kier molecular flexibility index (Phi) is 8.45. The minimum Gasteiger partial charge on any atom is -0.353 e. The quantitative estimate of drug-likeness (QED) is 0.661. The summed E-state index contributed by atoms with van der Waals surface area (Å²) in [7, 11) is -3.58. The average Bonchev–Trinajstić information content (AvgIpc) is 2.77. The smallest absolute Gasteiger partial charge is 0.243 e. The number of nitrogens with zero attached hydrogens (tertiary/aromatic N) is 2. The van der Waals surface area contributed by atoms with E-state index in [1.165, 1.54) is 4.31 Å². The van der Waals surface area contributed by atoms with E-state index in [0.29, 0.717) is 62.7 Å². The minimum atomic E-state index is -3.58. The van der Waals surface area contributed by atoms with Crippen molar-refractivity contribution in [1.29, 1.82) is 0 Å². The van der Waals surface area contributed by atoms with Crippen LogP contribution >= 0.6 is 0 Å². The molecule has 34 heavy (non-hydrogen) atoms. The van der Waals surface area contributed by atoms with Crippen molar-refractivity contribution in [1.82, 2.24) is 14.5 Å². The Balaban J connectivity index is 1.54. The molecule has 1 aromatic rings. The first-order valence-electron chi connectivity index (χ1n) is 12.6. The highest BCUT2D eigenvalue weighted by molar-refractivity contribution is 7.89. The van der Waals surface area contributed by atoms with Crippen molar-refractivity contribution in [3.8, 4) is 0 Å². The van der Waals surface area contributed by atoms with Gasteiger partial charge in [-0.25, -0.2) is 8.42 Å². The topological polar surface area (TPSA) is 86.8 Å². The molecule has 0 aliphatic carbocycles. The lowest BCUT2D eigenvalue weighted by atomic mass is 9.92. The lowest BCUT2D eigenvalue weighted by Gasteiger charge is -2.37. The van der Waals surface area contributed by atoms with E-state index in [1.807, 2.05) is 44.7 Å². The average molecular weight is 492 g/mol. The maximum Gasteiger partial charge on any atom is 0.243 e. The first-order valence-corrected chi connectivity index (χ1v) is 14.0. The summed E-state index contributed by atoms with van der Waals surface area (Å²) in [6, 6.07) is 3.95. The number of likely N-dealkylation sites (tertiary alicyclic amines) is 1. The van der Waals surface area contributed by atoms with Crippen LogP contribution in [0.2, 0.25) is 0 Å². The molecule has 1 atom stereocenters. The van der Waals surface area contributed by atoms with Crippen LogP contribution in [-0.4, -0.2) is 61.7 Å². The summed E-state index contributed by atoms with van der Waals surface area (Å²) >= 11 is 0. The highest BCUT2D eigenvalue weighted by Crippen LogP contribution is 2.30. The molecule has 2 aliphatic rings. The Morgan fingerprint density at radius 3 is 1.88 bits per heavy atom. The summed E-state index contributed by atoms with van der Waals surface area (Å²) in [6.45, 7) is 13.8. The van der Waals surface area contributed by atoms with Gasteiger partial charge in [0.15, 0.2) is 0 Å². The second-order valence-electron chi connectivity index (χ2n) is 10.5. The van der Waals surface area contributed by atoms with Gasteiger partial charge in [-0.2, -0.15) is 4.31 Å². The van der Waals surface area contributed by atoms with Gasteiger partial charge >= 0.3 is 0 Å². The number of piperidine rings is 2. The van der Waals surface area contributed by atoms with Crippen LogP contribution in [0.15, 0.2) is 17.0 Å². The van der Waals surface area contributed by atoms with Crippen LogP contribution in [0, 0.1) is 38.5 Å².